The van der Waals surface area contributed by atoms with Crippen LogP contribution >= 0.6 is 0 Å². The molecular formula is C9H21NO5. The first-order valence-electron chi connectivity index (χ1n) is 5.03. The van der Waals surface area contributed by atoms with Crippen LogP contribution in [0.2, 0.25) is 0 Å². The van der Waals surface area contributed by atoms with Crippen molar-refractivity contribution < 1.29 is 24.4 Å². The largest absolute Gasteiger partial charge is 0.394 e. The fraction of sp³-hybridized carbons (Fsp3) is 1.00. The molecule has 0 heterocycles. The van der Waals surface area contributed by atoms with Crippen LogP contribution in [0.5, 0.6) is 0 Å². The molecule has 0 rings (SSSR count). The number of rotatable bonds is 11. The summed E-state index contributed by atoms with van der Waals surface area (Å²) >= 11 is 0. The van der Waals surface area contributed by atoms with Gasteiger partial charge in [0, 0.05) is 6.54 Å². The Morgan fingerprint density at radius 1 is 0.933 bits per heavy atom. The van der Waals surface area contributed by atoms with Gasteiger partial charge >= 0.3 is 0 Å². The molecule has 0 aliphatic heterocycles. The molecule has 0 spiro atoms. The lowest BCUT2D eigenvalue weighted by Gasteiger charge is -2.08. The fourth-order valence-corrected chi connectivity index (χ4v) is 0.795. The lowest BCUT2D eigenvalue weighted by Crippen LogP contribution is -2.21. The van der Waals surface area contributed by atoms with E-state index in [0.717, 1.165) is 0 Å². The molecule has 0 saturated heterocycles. The summed E-state index contributed by atoms with van der Waals surface area (Å²) in [6, 6.07) is 0. The second-order valence-electron chi connectivity index (χ2n) is 2.92. The Hall–Kier alpha value is -0.240. The van der Waals surface area contributed by atoms with Gasteiger partial charge in [-0.15, -0.1) is 0 Å². The summed E-state index contributed by atoms with van der Waals surface area (Å²) in [5.41, 5.74) is 5.22. The van der Waals surface area contributed by atoms with Crippen LogP contribution in [0.15, 0.2) is 0 Å². The van der Waals surface area contributed by atoms with Crippen LogP contribution in [0.25, 0.3) is 0 Å². The average molecular weight is 223 g/mol. The Morgan fingerprint density at radius 3 is 2.00 bits per heavy atom. The SMILES string of the molecule is NCCOCCOCCOCC(O)CO. The number of hydrogen-bond donors (Lipinski definition) is 3. The predicted molar refractivity (Wildman–Crippen MR) is 54.6 cm³/mol. The van der Waals surface area contributed by atoms with Crippen molar-refractivity contribution in [2.75, 3.05) is 52.8 Å². The van der Waals surface area contributed by atoms with Crippen molar-refractivity contribution in [3.63, 3.8) is 0 Å². The highest BCUT2D eigenvalue weighted by Gasteiger charge is 2.00. The van der Waals surface area contributed by atoms with Crippen LogP contribution in [-0.4, -0.2) is 69.1 Å². The van der Waals surface area contributed by atoms with Gasteiger partial charge in [0.05, 0.1) is 46.2 Å². The van der Waals surface area contributed by atoms with E-state index in [1.807, 2.05) is 0 Å². The van der Waals surface area contributed by atoms with Gasteiger partial charge in [0.2, 0.25) is 0 Å². The van der Waals surface area contributed by atoms with Crippen LogP contribution in [0.3, 0.4) is 0 Å². The van der Waals surface area contributed by atoms with E-state index in [1.54, 1.807) is 0 Å². The van der Waals surface area contributed by atoms with Crippen LogP contribution in [0.1, 0.15) is 0 Å². The van der Waals surface area contributed by atoms with E-state index in [2.05, 4.69) is 0 Å². The molecule has 4 N–H and O–H groups in total. The summed E-state index contributed by atoms with van der Waals surface area (Å²) in [6.07, 6.45) is -0.808. The summed E-state index contributed by atoms with van der Waals surface area (Å²) in [6.45, 7) is 2.78. The Balaban J connectivity index is 2.92. The minimum absolute atomic E-state index is 0.129. The number of aliphatic hydroxyl groups is 2. The van der Waals surface area contributed by atoms with Gasteiger partial charge in [-0.25, -0.2) is 0 Å². The third-order valence-corrected chi connectivity index (χ3v) is 1.53. The molecule has 0 bridgehead atoms. The van der Waals surface area contributed by atoms with E-state index in [1.165, 1.54) is 0 Å². The van der Waals surface area contributed by atoms with Crippen molar-refractivity contribution >= 4 is 0 Å². The van der Waals surface area contributed by atoms with Crippen molar-refractivity contribution in [2.24, 2.45) is 5.73 Å². The van der Waals surface area contributed by atoms with Gasteiger partial charge in [0.25, 0.3) is 0 Å². The minimum Gasteiger partial charge on any atom is -0.394 e. The zero-order chi connectivity index (χ0) is 11.4. The van der Waals surface area contributed by atoms with E-state index >= 15 is 0 Å². The Kier molecular flexibility index (Phi) is 11.6. The molecule has 0 aliphatic rings. The highest BCUT2D eigenvalue weighted by molar-refractivity contribution is 4.48. The molecule has 0 amide bonds. The van der Waals surface area contributed by atoms with Crippen LogP contribution in [0, 0.1) is 0 Å². The maximum Gasteiger partial charge on any atom is 0.100 e. The third-order valence-electron chi connectivity index (χ3n) is 1.53. The predicted octanol–water partition coefficient (Wildman–Crippen LogP) is -1.65. The molecule has 0 aromatic rings. The van der Waals surface area contributed by atoms with E-state index in [4.69, 9.17) is 30.2 Å². The maximum atomic E-state index is 8.91. The van der Waals surface area contributed by atoms with Gasteiger partial charge in [-0.2, -0.15) is 0 Å². The summed E-state index contributed by atoms with van der Waals surface area (Å²) in [4.78, 5) is 0. The first-order chi connectivity index (χ1) is 7.31. The van der Waals surface area contributed by atoms with Gasteiger partial charge in [0.1, 0.15) is 6.10 Å². The van der Waals surface area contributed by atoms with E-state index in [9.17, 15) is 0 Å². The highest BCUT2D eigenvalue weighted by atomic mass is 16.5. The standard InChI is InChI=1S/C9H21NO5/c10-1-2-13-3-4-14-5-6-15-8-9(12)7-11/h9,11-12H,1-8,10H2. The molecule has 1 atom stereocenters. The highest BCUT2D eigenvalue weighted by Crippen LogP contribution is 1.85. The summed E-state index contributed by atoms with van der Waals surface area (Å²) in [7, 11) is 0. The van der Waals surface area contributed by atoms with Gasteiger partial charge in [-0.05, 0) is 0 Å². The smallest absolute Gasteiger partial charge is 0.100 e. The molecular weight excluding hydrogens is 202 g/mol. The lowest BCUT2D eigenvalue weighted by atomic mass is 10.4. The number of ether oxygens (including phenoxy) is 3. The molecule has 1 unspecified atom stereocenters. The Bertz CT molecular complexity index is 125. The molecule has 6 nitrogen and oxygen atoms in total. The van der Waals surface area contributed by atoms with Gasteiger partial charge in [-0.1, -0.05) is 0 Å². The van der Waals surface area contributed by atoms with E-state index in [-0.39, 0.29) is 13.2 Å². The van der Waals surface area contributed by atoms with Crippen molar-refractivity contribution in [1.82, 2.24) is 0 Å². The average Bonchev–Trinajstić information content (AvgIpc) is 2.26. The Morgan fingerprint density at radius 2 is 1.47 bits per heavy atom. The van der Waals surface area contributed by atoms with Crippen molar-refractivity contribution in [1.29, 1.82) is 0 Å². The molecule has 0 aromatic carbocycles. The topological polar surface area (TPSA) is 94.2 Å². The minimum atomic E-state index is -0.808. The van der Waals surface area contributed by atoms with Crippen LogP contribution in [-0.2, 0) is 14.2 Å². The van der Waals surface area contributed by atoms with Crippen LogP contribution in [0.4, 0.5) is 0 Å². The molecule has 0 fully saturated rings. The van der Waals surface area contributed by atoms with Crippen molar-refractivity contribution in [3.05, 3.63) is 0 Å². The Labute approximate surface area is 89.9 Å². The molecule has 0 aliphatic carbocycles. The zero-order valence-corrected chi connectivity index (χ0v) is 8.93. The van der Waals surface area contributed by atoms with Gasteiger partial charge in [-0.3, -0.25) is 0 Å². The molecule has 92 valence electrons. The first kappa shape index (κ1) is 14.8. The summed E-state index contributed by atoms with van der Waals surface area (Å²) in [5.74, 6) is 0. The summed E-state index contributed by atoms with van der Waals surface area (Å²) < 4.78 is 15.3. The van der Waals surface area contributed by atoms with E-state index in [0.29, 0.717) is 39.6 Å². The normalized spacial score (nSPS) is 13.0. The third kappa shape index (κ3) is 11.7. The molecule has 0 saturated carbocycles. The molecule has 0 aromatic heterocycles. The second-order valence-corrected chi connectivity index (χ2v) is 2.92. The van der Waals surface area contributed by atoms with Crippen molar-refractivity contribution in [2.45, 2.75) is 6.10 Å². The molecule has 6 heteroatoms. The monoisotopic (exact) mass is 223 g/mol. The first-order valence-corrected chi connectivity index (χ1v) is 5.03. The van der Waals surface area contributed by atoms with Crippen LogP contribution < -0.4 is 5.73 Å². The fourth-order valence-electron chi connectivity index (χ4n) is 0.795. The number of aliphatic hydroxyl groups excluding tert-OH is 2. The van der Waals surface area contributed by atoms with Crippen molar-refractivity contribution in [3.8, 4) is 0 Å². The maximum absolute atomic E-state index is 8.91. The van der Waals surface area contributed by atoms with Gasteiger partial charge < -0.3 is 30.2 Å². The number of nitrogens with two attached hydrogens (primary N) is 1. The summed E-state index contributed by atoms with van der Waals surface area (Å²) in [5, 5.41) is 17.4. The number of hydrogen-bond acceptors (Lipinski definition) is 6. The molecule has 0 radical (unpaired) electrons. The van der Waals surface area contributed by atoms with Gasteiger partial charge in [0.15, 0.2) is 0 Å². The zero-order valence-electron chi connectivity index (χ0n) is 8.93. The second kappa shape index (κ2) is 11.8. The lowest BCUT2D eigenvalue weighted by molar-refractivity contribution is -0.0224. The van der Waals surface area contributed by atoms with E-state index < -0.39 is 6.10 Å². The quantitative estimate of drug-likeness (QED) is 0.363. The molecule has 15 heavy (non-hydrogen) atoms.